The molecule has 2 amide bonds. The number of rotatable bonds is 11. The van der Waals surface area contributed by atoms with E-state index in [1.807, 2.05) is 54.6 Å². The maximum atomic E-state index is 12.7. The van der Waals surface area contributed by atoms with E-state index in [-0.39, 0.29) is 13.1 Å². The van der Waals surface area contributed by atoms with Crippen molar-refractivity contribution >= 4 is 23.1 Å². The summed E-state index contributed by atoms with van der Waals surface area (Å²) in [6.07, 6.45) is -1.92. The van der Waals surface area contributed by atoms with Gasteiger partial charge < -0.3 is 35.7 Å². The van der Waals surface area contributed by atoms with Gasteiger partial charge in [0, 0.05) is 41.3 Å². The fraction of sp³-hybridized carbons (Fsp3) is 0.484. The van der Waals surface area contributed by atoms with Crippen molar-refractivity contribution in [2.75, 3.05) is 13.1 Å². The highest BCUT2D eigenvalue weighted by atomic mass is 16.6. The van der Waals surface area contributed by atoms with E-state index in [9.17, 15) is 24.9 Å². The van der Waals surface area contributed by atoms with Crippen molar-refractivity contribution in [3.8, 4) is 0 Å². The number of fused-ring (bicyclic) bond motifs is 1. The van der Waals surface area contributed by atoms with E-state index in [0.717, 1.165) is 16.5 Å². The Morgan fingerprint density at radius 1 is 0.927 bits per heavy atom. The van der Waals surface area contributed by atoms with Crippen LogP contribution in [0.3, 0.4) is 0 Å². The molecule has 0 spiro atoms. The minimum absolute atomic E-state index is 0.0116. The van der Waals surface area contributed by atoms with Gasteiger partial charge in [0.2, 0.25) is 0 Å². The lowest BCUT2D eigenvalue weighted by molar-refractivity contribution is 0.00613. The third-order valence-corrected chi connectivity index (χ3v) is 6.71. The Hall–Kier alpha value is -3.60. The molecule has 4 atom stereocenters. The van der Waals surface area contributed by atoms with Crippen LogP contribution in [0.2, 0.25) is 0 Å². The van der Waals surface area contributed by atoms with Crippen molar-refractivity contribution in [2.45, 2.75) is 83.4 Å². The first-order chi connectivity index (χ1) is 19.2. The zero-order valence-corrected chi connectivity index (χ0v) is 24.7. The smallest absolute Gasteiger partial charge is 0.408 e. The summed E-state index contributed by atoms with van der Waals surface area (Å²) in [5.41, 5.74) is 0.956. The Balaban J connectivity index is 1.78. The van der Waals surface area contributed by atoms with E-state index in [1.165, 1.54) is 4.90 Å². The highest BCUT2D eigenvalue weighted by molar-refractivity contribution is 5.84. The summed E-state index contributed by atoms with van der Waals surface area (Å²) in [5, 5.41) is 39.3. The summed E-state index contributed by atoms with van der Waals surface area (Å²) >= 11 is 0. The molecule has 2 aromatic carbocycles. The summed E-state index contributed by atoms with van der Waals surface area (Å²) < 4.78 is 5.45. The first-order valence-electron chi connectivity index (χ1n) is 13.9. The molecule has 1 heterocycles. The number of para-hydroxylation sites is 1. The van der Waals surface area contributed by atoms with E-state index >= 15 is 0 Å². The summed E-state index contributed by atoms with van der Waals surface area (Å²) in [5.74, 6) is 0. The molecule has 0 fully saturated rings. The fourth-order valence-electron chi connectivity index (χ4n) is 4.98. The molecule has 10 heteroatoms. The second kappa shape index (κ2) is 13.4. The largest absolute Gasteiger partial charge is 0.465 e. The van der Waals surface area contributed by atoms with E-state index < -0.39 is 47.6 Å². The number of hydrogen-bond acceptors (Lipinski definition) is 6. The van der Waals surface area contributed by atoms with Crippen LogP contribution in [-0.4, -0.2) is 79.9 Å². The molecule has 0 saturated carbocycles. The Labute approximate surface area is 241 Å². The molecule has 0 bridgehead atoms. The normalized spacial score (nSPS) is 15.1. The predicted octanol–water partition coefficient (Wildman–Crippen LogP) is 4.43. The quantitative estimate of drug-likeness (QED) is 0.200. The summed E-state index contributed by atoms with van der Waals surface area (Å²) in [7, 11) is 0. The number of H-pyrrole nitrogens is 1. The Bertz CT molecular complexity index is 1280. The maximum Gasteiger partial charge on any atom is 0.408 e. The molecule has 224 valence electrons. The van der Waals surface area contributed by atoms with Gasteiger partial charge in [-0.25, -0.2) is 9.59 Å². The summed E-state index contributed by atoms with van der Waals surface area (Å²) in [4.78, 5) is 29.4. The molecule has 3 aromatic rings. The third-order valence-electron chi connectivity index (χ3n) is 6.71. The molecule has 1 aromatic heterocycles. The van der Waals surface area contributed by atoms with E-state index in [2.05, 4.69) is 15.6 Å². The third kappa shape index (κ3) is 8.94. The lowest BCUT2D eigenvalue weighted by Crippen LogP contribution is -2.58. The number of carboxylic acid groups (broad SMARTS) is 1. The van der Waals surface area contributed by atoms with Gasteiger partial charge in [-0.3, -0.25) is 4.90 Å². The summed E-state index contributed by atoms with van der Waals surface area (Å²) in [6, 6.07) is 15.4. The molecule has 6 N–H and O–H groups in total. The monoisotopic (exact) mass is 568 g/mol. The Kier molecular flexibility index (Phi) is 10.4. The highest BCUT2D eigenvalue weighted by Gasteiger charge is 2.37. The van der Waals surface area contributed by atoms with Crippen LogP contribution in [-0.2, 0) is 11.2 Å². The zero-order chi connectivity index (χ0) is 30.4. The topological polar surface area (TPSA) is 147 Å². The van der Waals surface area contributed by atoms with Crippen LogP contribution in [0.1, 0.15) is 58.7 Å². The Morgan fingerprint density at radius 2 is 1.54 bits per heavy atom. The lowest BCUT2D eigenvalue weighted by Gasteiger charge is -2.42. The number of aromatic amines is 1. The van der Waals surface area contributed by atoms with Crippen LogP contribution >= 0.6 is 0 Å². The molecule has 0 aliphatic carbocycles. The number of ether oxygens (including phenoxy) is 1. The number of benzene rings is 2. The van der Waals surface area contributed by atoms with Gasteiger partial charge in [-0.15, -0.1) is 0 Å². The molecule has 3 rings (SSSR count). The van der Waals surface area contributed by atoms with Gasteiger partial charge in [0.1, 0.15) is 5.60 Å². The van der Waals surface area contributed by atoms with E-state index in [4.69, 9.17) is 4.74 Å². The van der Waals surface area contributed by atoms with Crippen LogP contribution in [0.5, 0.6) is 0 Å². The lowest BCUT2D eigenvalue weighted by atomic mass is 9.94. The van der Waals surface area contributed by atoms with Gasteiger partial charge in [0.25, 0.3) is 0 Å². The van der Waals surface area contributed by atoms with Crippen molar-refractivity contribution in [1.82, 2.24) is 20.5 Å². The average molecular weight is 569 g/mol. The van der Waals surface area contributed by atoms with Crippen LogP contribution in [0.4, 0.5) is 9.59 Å². The number of amides is 2. The molecule has 0 saturated heterocycles. The van der Waals surface area contributed by atoms with Crippen molar-refractivity contribution in [3.63, 3.8) is 0 Å². The first kappa shape index (κ1) is 31.9. The maximum absolute atomic E-state index is 12.7. The molecule has 10 nitrogen and oxygen atoms in total. The van der Waals surface area contributed by atoms with Crippen LogP contribution < -0.4 is 10.6 Å². The van der Waals surface area contributed by atoms with Gasteiger partial charge >= 0.3 is 12.2 Å². The molecule has 0 unspecified atom stereocenters. The van der Waals surface area contributed by atoms with Crippen LogP contribution in [0.25, 0.3) is 10.9 Å². The van der Waals surface area contributed by atoms with Gasteiger partial charge in [-0.1, -0.05) is 48.5 Å². The molecule has 0 radical (unpaired) electrons. The molecular formula is C31H44N4O6. The van der Waals surface area contributed by atoms with E-state index in [0.29, 0.717) is 12.0 Å². The number of aliphatic hydroxyl groups is 2. The summed E-state index contributed by atoms with van der Waals surface area (Å²) in [6.45, 7) is 10.7. The number of carbonyl (C=O) groups excluding carboxylic acids is 1. The van der Waals surface area contributed by atoms with Gasteiger partial charge in [-0.2, -0.15) is 0 Å². The van der Waals surface area contributed by atoms with Crippen molar-refractivity contribution in [2.24, 2.45) is 0 Å². The van der Waals surface area contributed by atoms with Crippen LogP contribution in [0.15, 0.2) is 60.8 Å². The molecular weight excluding hydrogens is 524 g/mol. The first-order valence-corrected chi connectivity index (χ1v) is 13.9. The molecule has 41 heavy (non-hydrogen) atoms. The number of nitrogens with zero attached hydrogens (tertiary/aromatic N) is 1. The minimum atomic E-state index is -1.13. The number of hydrogen-bond donors (Lipinski definition) is 6. The zero-order valence-electron chi connectivity index (χ0n) is 24.7. The van der Waals surface area contributed by atoms with Crippen LogP contribution in [0, 0.1) is 0 Å². The molecule has 0 aliphatic heterocycles. The van der Waals surface area contributed by atoms with Gasteiger partial charge in [0.05, 0.1) is 24.3 Å². The fourth-order valence-corrected chi connectivity index (χ4v) is 4.98. The second-order valence-electron chi connectivity index (χ2n) is 12.3. The van der Waals surface area contributed by atoms with Crippen molar-refractivity contribution in [1.29, 1.82) is 0 Å². The number of aliphatic hydroxyl groups excluding tert-OH is 2. The Morgan fingerprint density at radius 3 is 2.15 bits per heavy atom. The number of carbonyl (C=O) groups is 2. The standard InChI is InChI=1S/C31H44N4O6/c1-30(2,3)35(29(39)40)24(16-20-12-8-7-9-13-20)25(36)18-32-19-26(37)27(34-28(38)41-31(4,5)6)22-17-33-23-15-11-10-14-21(22)23/h7-15,17,24-27,32-33,36-37H,16,18-19H2,1-6H3,(H,34,38)(H,39,40)/t24-,25+,26+,27-/m0/s1. The molecule has 0 aliphatic rings. The van der Waals surface area contributed by atoms with Crippen molar-refractivity contribution < 1.29 is 29.6 Å². The highest BCUT2D eigenvalue weighted by Crippen LogP contribution is 2.27. The van der Waals surface area contributed by atoms with Gasteiger partial charge in [0.15, 0.2) is 0 Å². The number of alkyl carbamates (subject to hydrolysis) is 1. The number of aromatic nitrogens is 1. The SMILES string of the molecule is CC(C)(C)OC(=O)N[C@@H](c1c[nH]c2ccccc12)[C@H](O)CNC[C@@H](O)[C@H](Cc1ccccc1)N(C(=O)O)C(C)(C)C. The van der Waals surface area contributed by atoms with Crippen molar-refractivity contribution in [3.05, 3.63) is 71.9 Å². The minimum Gasteiger partial charge on any atom is -0.465 e. The second-order valence-corrected chi connectivity index (χ2v) is 12.3. The predicted molar refractivity (Wildman–Crippen MR) is 159 cm³/mol. The average Bonchev–Trinajstić information content (AvgIpc) is 3.29. The number of nitrogens with one attached hydrogen (secondary N) is 3. The van der Waals surface area contributed by atoms with Gasteiger partial charge in [-0.05, 0) is 59.6 Å². The van der Waals surface area contributed by atoms with E-state index in [1.54, 1.807) is 47.7 Å².